The van der Waals surface area contributed by atoms with Crippen molar-refractivity contribution >= 4 is 15.9 Å². The van der Waals surface area contributed by atoms with E-state index in [0.29, 0.717) is 11.1 Å². The Balaban J connectivity index is 1.73. The predicted molar refractivity (Wildman–Crippen MR) is 114 cm³/mol. The van der Waals surface area contributed by atoms with Crippen LogP contribution in [0.5, 0.6) is 0 Å². The summed E-state index contributed by atoms with van der Waals surface area (Å²) >= 11 is 0. The van der Waals surface area contributed by atoms with Gasteiger partial charge < -0.3 is 5.32 Å². The van der Waals surface area contributed by atoms with Gasteiger partial charge in [-0.3, -0.25) is 4.79 Å². The van der Waals surface area contributed by atoms with Crippen molar-refractivity contribution in [3.63, 3.8) is 0 Å². The SMILES string of the molecule is Cc1cc(CNC(=O)c2cc(S(=O)(=O)NCc3ccccc3)ccc2C)ccc1F. The molecule has 0 spiro atoms. The molecule has 0 atom stereocenters. The number of carbonyl (C=O) groups is 1. The van der Waals surface area contributed by atoms with Gasteiger partial charge in [0.1, 0.15) is 5.82 Å². The first-order valence-corrected chi connectivity index (χ1v) is 10.9. The van der Waals surface area contributed by atoms with Gasteiger partial charge >= 0.3 is 0 Å². The van der Waals surface area contributed by atoms with E-state index in [2.05, 4.69) is 10.0 Å². The van der Waals surface area contributed by atoms with Crippen molar-refractivity contribution in [1.29, 1.82) is 0 Å². The summed E-state index contributed by atoms with van der Waals surface area (Å²) in [5.41, 5.74) is 3.02. The molecule has 1 amide bonds. The Hall–Kier alpha value is -3.03. The van der Waals surface area contributed by atoms with Gasteiger partial charge in [0.25, 0.3) is 5.91 Å². The van der Waals surface area contributed by atoms with Crippen LogP contribution >= 0.6 is 0 Å². The summed E-state index contributed by atoms with van der Waals surface area (Å²) in [6.07, 6.45) is 0. The van der Waals surface area contributed by atoms with Gasteiger partial charge in [-0.25, -0.2) is 17.5 Å². The van der Waals surface area contributed by atoms with Crippen molar-refractivity contribution in [2.75, 3.05) is 0 Å². The topological polar surface area (TPSA) is 75.3 Å². The molecule has 0 heterocycles. The van der Waals surface area contributed by atoms with Crippen molar-refractivity contribution < 1.29 is 17.6 Å². The molecule has 0 bridgehead atoms. The molecule has 0 aromatic heterocycles. The number of hydrogen-bond acceptors (Lipinski definition) is 3. The van der Waals surface area contributed by atoms with Gasteiger partial charge in [-0.2, -0.15) is 0 Å². The lowest BCUT2D eigenvalue weighted by molar-refractivity contribution is 0.0950. The number of sulfonamides is 1. The fraction of sp³-hybridized carbons (Fsp3) is 0.174. The molecule has 3 aromatic carbocycles. The average molecular weight is 427 g/mol. The van der Waals surface area contributed by atoms with Crippen LogP contribution < -0.4 is 10.0 Å². The molecule has 0 fully saturated rings. The second kappa shape index (κ2) is 9.19. The molecule has 7 heteroatoms. The van der Waals surface area contributed by atoms with E-state index in [0.717, 1.165) is 11.1 Å². The molecule has 2 N–H and O–H groups in total. The van der Waals surface area contributed by atoms with Gasteiger partial charge in [0.15, 0.2) is 0 Å². The van der Waals surface area contributed by atoms with E-state index in [1.165, 1.54) is 18.2 Å². The summed E-state index contributed by atoms with van der Waals surface area (Å²) in [6.45, 7) is 3.76. The molecule has 30 heavy (non-hydrogen) atoms. The van der Waals surface area contributed by atoms with Crippen molar-refractivity contribution in [1.82, 2.24) is 10.0 Å². The molecule has 0 aliphatic rings. The fourth-order valence-corrected chi connectivity index (χ4v) is 4.01. The van der Waals surface area contributed by atoms with Crippen LogP contribution in [0.4, 0.5) is 4.39 Å². The van der Waals surface area contributed by atoms with Crippen LogP contribution in [0.25, 0.3) is 0 Å². The van der Waals surface area contributed by atoms with E-state index in [9.17, 15) is 17.6 Å². The normalized spacial score (nSPS) is 11.3. The third-order valence-electron chi connectivity index (χ3n) is 4.75. The number of aryl methyl sites for hydroxylation is 2. The van der Waals surface area contributed by atoms with Gasteiger partial charge in [-0.15, -0.1) is 0 Å². The first-order chi connectivity index (χ1) is 14.3. The van der Waals surface area contributed by atoms with Crippen LogP contribution in [0, 0.1) is 19.7 Å². The van der Waals surface area contributed by atoms with E-state index in [-0.39, 0.29) is 29.4 Å². The zero-order valence-electron chi connectivity index (χ0n) is 16.8. The van der Waals surface area contributed by atoms with Crippen molar-refractivity contribution in [2.45, 2.75) is 31.8 Å². The quantitative estimate of drug-likeness (QED) is 0.603. The number of hydrogen-bond donors (Lipinski definition) is 2. The van der Waals surface area contributed by atoms with Crippen LogP contribution in [0.15, 0.2) is 71.6 Å². The Labute approximate surface area is 176 Å². The minimum atomic E-state index is -3.78. The van der Waals surface area contributed by atoms with E-state index >= 15 is 0 Å². The molecular weight excluding hydrogens is 403 g/mol. The highest BCUT2D eigenvalue weighted by molar-refractivity contribution is 7.89. The summed E-state index contributed by atoms with van der Waals surface area (Å²) in [4.78, 5) is 12.7. The zero-order chi connectivity index (χ0) is 21.7. The fourth-order valence-electron chi connectivity index (χ4n) is 2.96. The largest absolute Gasteiger partial charge is 0.348 e. The molecular formula is C23H23FN2O3S. The Kier molecular flexibility index (Phi) is 6.64. The molecule has 156 valence electrons. The van der Waals surface area contributed by atoms with E-state index in [1.807, 2.05) is 30.3 Å². The second-order valence-electron chi connectivity index (χ2n) is 7.05. The molecule has 0 radical (unpaired) electrons. The highest BCUT2D eigenvalue weighted by atomic mass is 32.2. The number of nitrogens with one attached hydrogen (secondary N) is 2. The molecule has 0 unspecified atom stereocenters. The van der Waals surface area contributed by atoms with Gasteiger partial charge in [0, 0.05) is 18.7 Å². The zero-order valence-corrected chi connectivity index (χ0v) is 17.6. The van der Waals surface area contributed by atoms with E-state index < -0.39 is 15.9 Å². The number of rotatable bonds is 7. The lowest BCUT2D eigenvalue weighted by Gasteiger charge is -2.12. The summed E-state index contributed by atoms with van der Waals surface area (Å²) in [5.74, 6) is -0.698. The van der Waals surface area contributed by atoms with E-state index in [4.69, 9.17) is 0 Å². The number of benzene rings is 3. The Bertz CT molecular complexity index is 1160. The van der Waals surface area contributed by atoms with Crippen molar-refractivity contribution in [3.05, 3.63) is 100 Å². The number of carbonyl (C=O) groups excluding carboxylic acids is 1. The maximum atomic E-state index is 13.4. The van der Waals surface area contributed by atoms with Crippen molar-refractivity contribution in [2.24, 2.45) is 0 Å². The minimum Gasteiger partial charge on any atom is -0.348 e. The molecule has 0 aliphatic heterocycles. The molecule has 0 saturated heterocycles. The third kappa shape index (κ3) is 5.31. The van der Waals surface area contributed by atoms with Gasteiger partial charge in [-0.1, -0.05) is 48.5 Å². The lowest BCUT2D eigenvalue weighted by atomic mass is 10.1. The molecule has 3 aromatic rings. The average Bonchev–Trinajstić information content (AvgIpc) is 2.74. The smallest absolute Gasteiger partial charge is 0.251 e. The maximum absolute atomic E-state index is 13.4. The first-order valence-electron chi connectivity index (χ1n) is 9.44. The van der Waals surface area contributed by atoms with Gasteiger partial charge in [-0.05, 0) is 54.3 Å². The van der Waals surface area contributed by atoms with Crippen LogP contribution in [-0.2, 0) is 23.1 Å². The highest BCUT2D eigenvalue weighted by Crippen LogP contribution is 2.17. The number of halogens is 1. The molecule has 0 saturated carbocycles. The van der Waals surface area contributed by atoms with Crippen LogP contribution in [0.2, 0.25) is 0 Å². The maximum Gasteiger partial charge on any atom is 0.251 e. The summed E-state index contributed by atoms with van der Waals surface area (Å²) in [6, 6.07) is 18.2. The highest BCUT2D eigenvalue weighted by Gasteiger charge is 2.18. The predicted octanol–water partition coefficient (Wildman–Crippen LogP) is 3.85. The molecule has 5 nitrogen and oxygen atoms in total. The van der Waals surface area contributed by atoms with Crippen LogP contribution in [0.3, 0.4) is 0 Å². The first kappa shape index (κ1) is 21.7. The Morgan fingerprint density at radius 2 is 1.60 bits per heavy atom. The van der Waals surface area contributed by atoms with Gasteiger partial charge in [0.2, 0.25) is 10.0 Å². The van der Waals surface area contributed by atoms with Crippen LogP contribution in [-0.4, -0.2) is 14.3 Å². The molecule has 3 rings (SSSR count). The standard InChI is InChI=1S/C23H23FN2O3S/c1-16-8-10-20(30(28,29)26-15-18-6-4-3-5-7-18)13-21(16)23(27)25-14-19-9-11-22(24)17(2)12-19/h3-13,26H,14-15H2,1-2H3,(H,25,27). The molecule has 0 aliphatic carbocycles. The second-order valence-corrected chi connectivity index (χ2v) is 8.82. The number of amides is 1. The van der Waals surface area contributed by atoms with Gasteiger partial charge in [0.05, 0.1) is 4.90 Å². The Morgan fingerprint density at radius 1 is 0.867 bits per heavy atom. The summed E-state index contributed by atoms with van der Waals surface area (Å²) in [7, 11) is -3.78. The minimum absolute atomic E-state index is 0.0202. The summed E-state index contributed by atoms with van der Waals surface area (Å²) in [5, 5.41) is 2.76. The monoisotopic (exact) mass is 426 g/mol. The summed E-state index contributed by atoms with van der Waals surface area (Å²) < 4.78 is 41.3. The Morgan fingerprint density at radius 3 is 2.30 bits per heavy atom. The van der Waals surface area contributed by atoms with E-state index in [1.54, 1.807) is 32.0 Å². The van der Waals surface area contributed by atoms with Crippen LogP contribution in [0.1, 0.15) is 32.6 Å². The third-order valence-corrected chi connectivity index (χ3v) is 6.15. The van der Waals surface area contributed by atoms with Crippen molar-refractivity contribution in [3.8, 4) is 0 Å². The lowest BCUT2D eigenvalue weighted by Crippen LogP contribution is -2.26.